The number of hydrazine groups is 1. The molecular weight excluding hydrogens is 1630 g/mol. The van der Waals surface area contributed by atoms with Gasteiger partial charge in [0, 0.05) is 22.7 Å². The smallest absolute Gasteiger partial charge is 0.434 e. The van der Waals surface area contributed by atoms with Crippen molar-refractivity contribution in [3.63, 3.8) is 0 Å². The molecule has 26 heteroatoms. The second-order valence-corrected chi connectivity index (χ2v) is 33.5. The Bertz CT molecular complexity index is 6090. The maximum absolute atomic E-state index is 13.0. The summed E-state index contributed by atoms with van der Waals surface area (Å²) in [5.74, 6) is -2.34. The van der Waals surface area contributed by atoms with Crippen LogP contribution in [0.1, 0.15) is 170 Å². The number of nitrogens with zero attached hydrogens (tertiary/aromatic N) is 9. The van der Waals surface area contributed by atoms with Gasteiger partial charge in [-0.05, 0) is 314 Å². The lowest BCUT2D eigenvalue weighted by molar-refractivity contribution is -0.116. The molecule has 3 amide bonds. The van der Waals surface area contributed by atoms with E-state index in [0.717, 1.165) is 72.7 Å². The van der Waals surface area contributed by atoms with Crippen LogP contribution in [0.4, 0.5) is 43.7 Å². The monoisotopic (exact) mass is 1730 g/mol. The van der Waals surface area contributed by atoms with Crippen LogP contribution < -0.4 is 26.6 Å². The van der Waals surface area contributed by atoms with Gasteiger partial charge in [0.1, 0.15) is 22.6 Å². The molecule has 0 atom stereocenters. The molecular formula is C98H103BrN12O13. The van der Waals surface area contributed by atoms with E-state index < -0.39 is 35.3 Å². The molecule has 0 unspecified atom stereocenters. The zero-order valence-electron chi connectivity index (χ0n) is 69.1. The number of phenolic OH excluding ortho intramolecular Hbond substituents is 2. The Morgan fingerprint density at radius 2 is 0.831 bits per heavy atom. The second kappa shape index (κ2) is 38.0. The second-order valence-electron chi connectivity index (χ2n) is 32.6. The van der Waals surface area contributed by atoms with Crippen molar-refractivity contribution >= 4 is 85.8 Å². The molecule has 6 aliphatic carbocycles. The Labute approximate surface area is 729 Å². The third-order valence-corrected chi connectivity index (χ3v) is 22.1. The van der Waals surface area contributed by atoms with E-state index in [1.165, 1.54) is 131 Å². The Hall–Kier alpha value is -13.9. The van der Waals surface area contributed by atoms with E-state index in [0.29, 0.717) is 45.7 Å². The number of aromatic carboxylic acids is 2. The van der Waals surface area contributed by atoms with Crippen molar-refractivity contribution < 1.29 is 55.3 Å². The van der Waals surface area contributed by atoms with Crippen LogP contribution in [0.25, 0.3) is 33.6 Å². The average Bonchev–Trinajstić information content (AvgIpc) is 1.57. The highest BCUT2D eigenvalue weighted by atomic mass is 79.9. The molecule has 3 heterocycles. The first-order valence-electron chi connectivity index (χ1n) is 40.4. The number of aromatic amines is 2. The van der Waals surface area contributed by atoms with Gasteiger partial charge in [-0.25, -0.2) is 39.0 Å². The number of hydrazone groups is 1. The number of carbonyl (C=O) groups excluding carboxylic acids is 3. The number of carbonyl (C=O) groups is 5. The number of carboxylic acids is 2. The van der Waals surface area contributed by atoms with Gasteiger partial charge in [0.2, 0.25) is 0 Å². The van der Waals surface area contributed by atoms with Crippen LogP contribution in [0.5, 0.6) is 11.5 Å². The molecule has 0 bridgehead atoms. The summed E-state index contributed by atoms with van der Waals surface area (Å²) in [6.45, 7) is 16.0. The minimum absolute atomic E-state index is 0. The molecule has 0 saturated carbocycles. The van der Waals surface area contributed by atoms with E-state index in [4.69, 9.17) is 9.47 Å². The number of aromatic hydroxyl groups is 2. The molecule has 7 aliphatic rings. The molecule has 10 aromatic carbocycles. The summed E-state index contributed by atoms with van der Waals surface area (Å²) in [5.41, 5.74) is 24.6. The van der Waals surface area contributed by atoms with Crippen LogP contribution in [-0.2, 0) is 91.3 Å². The Morgan fingerprint density at radius 3 is 1.19 bits per heavy atom. The summed E-state index contributed by atoms with van der Waals surface area (Å²) in [4.78, 5) is 84.7. The number of fused-ring (bicyclic) bond motifs is 6. The van der Waals surface area contributed by atoms with Crippen LogP contribution in [0.2, 0.25) is 0 Å². The van der Waals surface area contributed by atoms with Crippen molar-refractivity contribution in [2.45, 2.75) is 172 Å². The van der Waals surface area contributed by atoms with Gasteiger partial charge in [-0.15, -0.1) is 20.5 Å². The number of anilines is 2. The minimum atomic E-state index is -1.06. The van der Waals surface area contributed by atoms with Crippen LogP contribution in [0, 0.1) is 13.8 Å². The average molecular weight is 1740 g/mol. The third kappa shape index (κ3) is 20.8. The largest absolute Gasteiger partial charge is 0.505 e. The number of nitrogens with one attached hydrogen (secondary N) is 3. The minimum Gasteiger partial charge on any atom is -0.505 e. The Kier molecular flexibility index (Phi) is 27.4. The number of carboxylic acid groups (broad SMARTS) is 2. The van der Waals surface area contributed by atoms with Gasteiger partial charge in [-0.2, -0.15) is 10.1 Å². The summed E-state index contributed by atoms with van der Waals surface area (Å²) < 4.78 is 14.7. The number of amides is 3. The van der Waals surface area contributed by atoms with Crippen LogP contribution in [0.3, 0.4) is 0 Å². The first-order chi connectivity index (χ1) is 58.3. The lowest BCUT2D eigenvalue weighted by atomic mass is 9.88. The normalized spacial score (nSPS) is 13.5. The highest BCUT2D eigenvalue weighted by Gasteiger charge is 2.31. The predicted molar refractivity (Wildman–Crippen MR) is 488 cm³/mol. The quantitative estimate of drug-likeness (QED) is 0.0442. The highest BCUT2D eigenvalue weighted by Crippen LogP contribution is 2.41. The lowest BCUT2D eigenvalue weighted by Gasteiger charge is -2.30. The fourth-order valence-corrected chi connectivity index (χ4v) is 14.9. The summed E-state index contributed by atoms with van der Waals surface area (Å²) in [6.07, 6.45) is 12.7. The van der Waals surface area contributed by atoms with Crippen LogP contribution in [0.15, 0.2) is 240 Å². The molecule has 640 valence electrons. The van der Waals surface area contributed by atoms with Crippen molar-refractivity contribution in [3.8, 4) is 45.1 Å². The molecule has 0 spiro atoms. The van der Waals surface area contributed by atoms with E-state index in [9.17, 15) is 54.0 Å². The van der Waals surface area contributed by atoms with E-state index in [1.54, 1.807) is 133 Å². The molecule has 124 heavy (non-hydrogen) atoms. The van der Waals surface area contributed by atoms with Crippen molar-refractivity contribution in [3.05, 3.63) is 315 Å². The summed E-state index contributed by atoms with van der Waals surface area (Å²) in [5, 5.41) is 69.3. The number of rotatable bonds is 12. The molecule has 25 nitrogen and oxygen atoms in total. The Morgan fingerprint density at radius 1 is 0.452 bits per heavy atom. The van der Waals surface area contributed by atoms with Crippen LogP contribution in [-0.4, -0.2) is 86.9 Å². The molecule has 0 fully saturated rings. The molecule has 19 rings (SSSR count). The third-order valence-electron chi connectivity index (χ3n) is 21.6. The summed E-state index contributed by atoms with van der Waals surface area (Å²) >= 11 is 3.43. The molecule has 0 saturated heterocycles. The van der Waals surface area contributed by atoms with E-state index in [-0.39, 0.29) is 78.7 Å². The number of halogens is 1. The summed E-state index contributed by atoms with van der Waals surface area (Å²) in [7, 11) is 0. The van der Waals surface area contributed by atoms with Gasteiger partial charge in [0.05, 0.1) is 51.7 Å². The topological polar surface area (TPSA) is 341 Å². The number of hydrogen-bond acceptors (Lipinski definition) is 16. The summed E-state index contributed by atoms with van der Waals surface area (Å²) in [6, 6.07) is 61.1. The number of azo groups is 2. The maximum atomic E-state index is 13.0. The zero-order chi connectivity index (χ0) is 86.4. The SMILES string of the molecule is Brc1ccc2c(c1)CC2.C.C.CC(C)(C)OC(=O)NN(C(=O)OC(C)(C)C)c1ccc2c(c1)CC2.CC1=NN(c2ccc3c(c2)CC3)C(=O)C1.Cc1[nH]n(-c2ccc3c(c2)CC3)c(=O)c1N=Nc1cccc(-c2cccc(C(=O)O)c2)c1O.Cc1[nH]n(-c2ccc3c(c2)CC3)c(=O)c1N=Nc1cccc(-c2cccc(C(=O)O)c2)c1O.[HH].c1ccc2c(c1)CC2. The maximum Gasteiger partial charge on any atom is 0.434 e. The number of aryl methyl sites for hydroxylation is 14. The number of benzene rings is 10. The standard InChI is InChI=1S/2C25H20N4O4.C18H26N2O4.C12H12N2O.C8H7Br.C8H8.2CH4.H2/c2*1-14-22(24(31)29(28-14)19-11-10-15-8-9-16(15)13-19)27-26-21-7-3-6-20(23(21)30)17-4-2-5-18(12-17)25(32)33;1-17(2,3)23-15(21)19-20(16(22)24-18(4,5)6)14-10-9-12-7-8-13(12)11-14;1-8-6-12(15)14(13-8)11-5-4-9-2-3-10(9)7-11;9-8-4-3-6-1-2-7(6)5-8;1-2-4-8-6-5-7(8)3-1;;;/h2*2-7,10-13,28,30H,8-9H2,1H3,(H,32,33);9-11H,7-8H2,1-6H3,(H,19,21);4-5,7H,2-3,6H2,1H3;3-5H,1-2H2;1-4H,5-6H2;2*1H4;1H. The molecule has 0 radical (unpaired) electrons. The molecule has 2 aromatic heterocycles. The van der Waals surface area contributed by atoms with E-state index in [2.05, 4.69) is 112 Å². The number of aromatic nitrogens is 4. The van der Waals surface area contributed by atoms with Gasteiger partial charge < -0.3 is 29.9 Å². The molecule has 1 aliphatic heterocycles. The fraction of sp³-hybridized carbons (Fsp3) is 0.265. The fourth-order valence-electron chi connectivity index (χ4n) is 14.5. The zero-order valence-corrected chi connectivity index (χ0v) is 70.7. The highest BCUT2D eigenvalue weighted by molar-refractivity contribution is 9.10. The molecule has 12 aromatic rings. The van der Waals surface area contributed by atoms with Crippen molar-refractivity contribution in [2.24, 2.45) is 25.6 Å². The van der Waals surface area contributed by atoms with Gasteiger partial charge in [-0.3, -0.25) is 24.6 Å². The number of H-pyrrole nitrogens is 2. The van der Waals surface area contributed by atoms with Gasteiger partial charge in [-0.1, -0.05) is 134 Å². The first-order valence-corrected chi connectivity index (χ1v) is 41.1. The lowest BCUT2D eigenvalue weighted by Crippen LogP contribution is -2.50. The van der Waals surface area contributed by atoms with E-state index in [1.807, 2.05) is 61.5 Å². The predicted octanol–water partition coefficient (Wildman–Crippen LogP) is 21.8. The van der Waals surface area contributed by atoms with Gasteiger partial charge >= 0.3 is 24.1 Å². The van der Waals surface area contributed by atoms with Gasteiger partial charge in [0.15, 0.2) is 22.9 Å². The number of hydrogen-bond donors (Lipinski definition) is 7. The van der Waals surface area contributed by atoms with Crippen LogP contribution >= 0.6 is 15.9 Å². The Balaban J connectivity index is 0.000000154. The number of phenols is 2. The number of para-hydroxylation sites is 2. The van der Waals surface area contributed by atoms with Crippen molar-refractivity contribution in [1.29, 1.82) is 0 Å². The van der Waals surface area contributed by atoms with Crippen molar-refractivity contribution in [1.82, 2.24) is 25.0 Å². The van der Waals surface area contributed by atoms with Gasteiger partial charge in [0.25, 0.3) is 17.0 Å². The first kappa shape index (κ1) is 89.4. The van der Waals surface area contributed by atoms with Crippen molar-refractivity contribution in [2.75, 3.05) is 10.0 Å². The van der Waals surface area contributed by atoms with E-state index >= 15 is 0 Å². The number of ether oxygens (including phenoxy) is 2. The molecule has 7 N–H and O–H groups in total.